The van der Waals surface area contributed by atoms with Crippen LogP contribution in [0.5, 0.6) is 11.5 Å². The Morgan fingerprint density at radius 1 is 1.05 bits per heavy atom. The summed E-state index contributed by atoms with van der Waals surface area (Å²) in [7, 11) is -3.90. The van der Waals surface area contributed by atoms with Crippen LogP contribution in [0.15, 0.2) is 36.4 Å². The largest absolute Gasteiger partial charge is 0.486 e. The molecule has 0 saturated heterocycles. The van der Waals surface area contributed by atoms with E-state index in [1.54, 1.807) is 37.3 Å². The van der Waals surface area contributed by atoms with Gasteiger partial charge in [0.25, 0.3) is 0 Å². The Morgan fingerprint density at radius 3 is 2.24 bits per heavy atom. The number of ether oxygens (including phenoxy) is 2. The van der Waals surface area contributed by atoms with Crippen LogP contribution in [0.1, 0.15) is 40.2 Å². The standard InChI is InChI=1S/C26H33Cl2N3O6S/c1-6-38(34,35)31(18-10-11-22-23(14-18)37-13-12-36-22)16-24(32)30(17(2)25(33)29-26(3,4)5)15-19-20(27)8-7-9-21(19)28/h7-11,14,17H,6,12-13,15-16H2,1-5H3,(H,29,33). The summed E-state index contributed by atoms with van der Waals surface area (Å²) >= 11 is 12.8. The molecule has 1 heterocycles. The monoisotopic (exact) mass is 585 g/mol. The first kappa shape index (κ1) is 29.9. The second kappa shape index (κ2) is 12.0. The Morgan fingerprint density at radius 2 is 1.66 bits per heavy atom. The molecule has 2 aromatic carbocycles. The molecular weight excluding hydrogens is 553 g/mol. The van der Waals surface area contributed by atoms with E-state index in [1.165, 1.54) is 17.9 Å². The van der Waals surface area contributed by atoms with Crippen LogP contribution < -0.4 is 19.1 Å². The zero-order valence-corrected chi connectivity index (χ0v) is 24.4. The van der Waals surface area contributed by atoms with Gasteiger partial charge >= 0.3 is 0 Å². The minimum Gasteiger partial charge on any atom is -0.486 e. The maximum atomic E-state index is 13.8. The summed E-state index contributed by atoms with van der Waals surface area (Å²) in [6, 6.07) is 8.67. The summed E-state index contributed by atoms with van der Waals surface area (Å²) in [5, 5.41) is 3.51. The Hall–Kier alpha value is -2.69. The van der Waals surface area contributed by atoms with E-state index in [4.69, 9.17) is 32.7 Å². The molecule has 208 valence electrons. The summed E-state index contributed by atoms with van der Waals surface area (Å²) < 4.78 is 38.5. The number of hydrogen-bond acceptors (Lipinski definition) is 6. The lowest BCUT2D eigenvalue weighted by Gasteiger charge is -2.34. The third-order valence-electron chi connectivity index (χ3n) is 5.85. The summed E-state index contributed by atoms with van der Waals surface area (Å²) in [6.07, 6.45) is 0. The highest BCUT2D eigenvalue weighted by molar-refractivity contribution is 7.92. The van der Waals surface area contributed by atoms with Gasteiger partial charge in [-0.15, -0.1) is 0 Å². The van der Waals surface area contributed by atoms with E-state index in [0.29, 0.717) is 40.3 Å². The maximum Gasteiger partial charge on any atom is 0.244 e. The van der Waals surface area contributed by atoms with Crippen molar-refractivity contribution in [2.45, 2.75) is 52.7 Å². The van der Waals surface area contributed by atoms with Crippen LogP contribution in [0.25, 0.3) is 0 Å². The van der Waals surface area contributed by atoms with Crippen LogP contribution in [-0.4, -0.2) is 62.2 Å². The Kier molecular flexibility index (Phi) is 9.43. The number of nitrogens with zero attached hydrogens (tertiary/aromatic N) is 2. The van der Waals surface area contributed by atoms with E-state index in [1.807, 2.05) is 20.8 Å². The Balaban J connectivity index is 2.00. The van der Waals surface area contributed by atoms with Crippen LogP contribution >= 0.6 is 23.2 Å². The number of halogens is 2. The van der Waals surface area contributed by atoms with Crippen molar-refractivity contribution in [1.29, 1.82) is 0 Å². The predicted octanol–water partition coefficient (Wildman–Crippen LogP) is 4.25. The first-order valence-corrected chi connectivity index (χ1v) is 14.5. The number of carbonyl (C=O) groups excluding carboxylic acids is 2. The number of sulfonamides is 1. The lowest BCUT2D eigenvalue weighted by atomic mass is 10.1. The van der Waals surface area contributed by atoms with Gasteiger partial charge in [-0.05, 0) is 58.9 Å². The smallest absolute Gasteiger partial charge is 0.244 e. The Bertz CT molecular complexity index is 1280. The second-order valence-corrected chi connectivity index (χ2v) is 12.9. The molecule has 1 atom stereocenters. The van der Waals surface area contributed by atoms with Gasteiger partial charge in [0.1, 0.15) is 25.8 Å². The zero-order valence-electron chi connectivity index (χ0n) is 22.1. The third-order valence-corrected chi connectivity index (χ3v) is 8.30. The molecule has 0 aliphatic carbocycles. The molecule has 3 rings (SSSR count). The van der Waals surface area contributed by atoms with Crippen molar-refractivity contribution >= 4 is 50.7 Å². The van der Waals surface area contributed by atoms with Crippen LogP contribution in [0.4, 0.5) is 5.69 Å². The highest BCUT2D eigenvalue weighted by Gasteiger charge is 2.33. The summed E-state index contributed by atoms with van der Waals surface area (Å²) in [5.74, 6) is -0.383. The third kappa shape index (κ3) is 7.24. The number of hydrogen-bond donors (Lipinski definition) is 1. The van der Waals surface area contributed by atoms with E-state index in [9.17, 15) is 18.0 Å². The molecule has 38 heavy (non-hydrogen) atoms. The van der Waals surface area contributed by atoms with E-state index in [2.05, 4.69) is 5.32 Å². The van der Waals surface area contributed by atoms with Gasteiger partial charge in [0.05, 0.1) is 11.4 Å². The number of nitrogens with one attached hydrogen (secondary N) is 1. The number of benzene rings is 2. The SMILES string of the molecule is CCS(=O)(=O)N(CC(=O)N(Cc1c(Cl)cccc1Cl)C(C)C(=O)NC(C)(C)C)c1ccc2c(c1)OCCO2. The van der Waals surface area contributed by atoms with Crippen LogP contribution in [0.3, 0.4) is 0 Å². The molecule has 0 fully saturated rings. The molecule has 0 spiro atoms. The predicted molar refractivity (Wildman–Crippen MR) is 149 cm³/mol. The van der Waals surface area contributed by atoms with Gasteiger partial charge in [-0.2, -0.15) is 0 Å². The lowest BCUT2D eigenvalue weighted by Crippen LogP contribution is -2.54. The molecule has 0 bridgehead atoms. The molecule has 0 saturated carbocycles. The van der Waals surface area contributed by atoms with E-state index in [0.717, 1.165) is 4.31 Å². The van der Waals surface area contributed by atoms with E-state index >= 15 is 0 Å². The normalized spacial score (nSPS) is 14.0. The second-order valence-electron chi connectivity index (χ2n) is 9.87. The molecule has 0 aromatic heterocycles. The number of anilines is 1. The van der Waals surface area contributed by atoms with Crippen molar-refractivity contribution in [1.82, 2.24) is 10.2 Å². The molecule has 9 nitrogen and oxygen atoms in total. The van der Waals surface area contributed by atoms with Gasteiger partial charge in [-0.1, -0.05) is 29.3 Å². The highest BCUT2D eigenvalue weighted by Crippen LogP contribution is 2.35. The van der Waals surface area contributed by atoms with Gasteiger partial charge in [0, 0.05) is 33.8 Å². The fraction of sp³-hybridized carbons (Fsp3) is 0.462. The average Bonchev–Trinajstić information content (AvgIpc) is 2.85. The summed E-state index contributed by atoms with van der Waals surface area (Å²) in [4.78, 5) is 28.2. The van der Waals surface area contributed by atoms with Crippen molar-refractivity contribution in [3.8, 4) is 11.5 Å². The van der Waals surface area contributed by atoms with Gasteiger partial charge < -0.3 is 19.7 Å². The molecule has 1 unspecified atom stereocenters. The van der Waals surface area contributed by atoms with Crippen LogP contribution in [0.2, 0.25) is 10.0 Å². The van der Waals surface area contributed by atoms with Gasteiger partial charge in [0.15, 0.2) is 11.5 Å². The highest BCUT2D eigenvalue weighted by atomic mass is 35.5. The minimum atomic E-state index is -3.90. The van der Waals surface area contributed by atoms with Crippen molar-refractivity contribution < 1.29 is 27.5 Å². The van der Waals surface area contributed by atoms with E-state index in [-0.39, 0.29) is 18.0 Å². The lowest BCUT2D eigenvalue weighted by molar-refractivity contribution is -0.140. The molecule has 1 aliphatic rings. The van der Waals surface area contributed by atoms with Crippen molar-refractivity contribution in [2.75, 3.05) is 29.8 Å². The molecule has 1 aliphatic heterocycles. The summed E-state index contributed by atoms with van der Waals surface area (Å²) in [6.45, 7) is 8.60. The zero-order chi connectivity index (χ0) is 28.3. The number of amides is 2. The van der Waals surface area contributed by atoms with Crippen LogP contribution in [-0.2, 0) is 26.2 Å². The van der Waals surface area contributed by atoms with E-state index < -0.39 is 40.0 Å². The number of carbonyl (C=O) groups is 2. The van der Waals surface area contributed by atoms with Gasteiger partial charge in [0.2, 0.25) is 21.8 Å². The number of fused-ring (bicyclic) bond motifs is 1. The fourth-order valence-electron chi connectivity index (χ4n) is 3.82. The molecule has 0 radical (unpaired) electrons. The molecule has 12 heteroatoms. The van der Waals surface area contributed by atoms with Crippen molar-refractivity contribution in [2.24, 2.45) is 0 Å². The van der Waals surface area contributed by atoms with Gasteiger partial charge in [-0.25, -0.2) is 8.42 Å². The van der Waals surface area contributed by atoms with Crippen molar-refractivity contribution in [3.05, 3.63) is 52.0 Å². The fourth-order valence-corrected chi connectivity index (χ4v) is 5.39. The topological polar surface area (TPSA) is 105 Å². The molecule has 2 aromatic rings. The molecule has 2 amide bonds. The first-order chi connectivity index (χ1) is 17.7. The quantitative estimate of drug-likeness (QED) is 0.471. The molecule has 1 N–H and O–H groups in total. The van der Waals surface area contributed by atoms with Crippen LogP contribution in [0, 0.1) is 0 Å². The maximum absolute atomic E-state index is 13.8. The number of rotatable bonds is 9. The molecular formula is C26H33Cl2N3O6S. The summed E-state index contributed by atoms with van der Waals surface area (Å²) in [5.41, 5.74) is 0.140. The minimum absolute atomic E-state index is 0.1000. The first-order valence-electron chi connectivity index (χ1n) is 12.2. The van der Waals surface area contributed by atoms with Gasteiger partial charge in [-0.3, -0.25) is 13.9 Å². The Labute approximate surface area is 234 Å². The average molecular weight is 587 g/mol. The van der Waals surface area contributed by atoms with Crippen molar-refractivity contribution in [3.63, 3.8) is 0 Å².